The highest BCUT2D eigenvalue weighted by molar-refractivity contribution is 4.96. The van der Waals surface area contributed by atoms with Gasteiger partial charge in [-0.15, -0.1) is 5.10 Å². The second kappa shape index (κ2) is 4.34. The molecule has 1 aromatic rings. The lowest BCUT2D eigenvalue weighted by Crippen LogP contribution is -2.45. The van der Waals surface area contributed by atoms with Crippen molar-refractivity contribution in [3.8, 4) is 0 Å². The molecule has 0 spiro atoms. The van der Waals surface area contributed by atoms with E-state index in [1.807, 2.05) is 4.68 Å². The smallest absolute Gasteiger partial charge is 0.165 e. The van der Waals surface area contributed by atoms with Crippen molar-refractivity contribution >= 4 is 0 Å². The van der Waals surface area contributed by atoms with E-state index in [1.165, 1.54) is 25.7 Å². The van der Waals surface area contributed by atoms with Crippen LogP contribution in [0.3, 0.4) is 0 Å². The molecule has 1 aromatic heterocycles. The van der Waals surface area contributed by atoms with Crippen LogP contribution < -0.4 is 5.32 Å². The monoisotopic (exact) mass is 237 g/mol. The lowest BCUT2D eigenvalue weighted by atomic mass is 9.99. The lowest BCUT2D eigenvalue weighted by Gasteiger charge is -2.27. The van der Waals surface area contributed by atoms with E-state index in [2.05, 4.69) is 20.8 Å². The predicted octanol–water partition coefficient (Wildman–Crippen LogP) is 0.403. The average molecular weight is 237 g/mol. The molecule has 2 saturated carbocycles. The van der Waals surface area contributed by atoms with E-state index in [0.717, 1.165) is 18.7 Å². The molecule has 1 heterocycles. The van der Waals surface area contributed by atoms with Crippen molar-refractivity contribution in [3.05, 3.63) is 5.82 Å². The van der Waals surface area contributed by atoms with Gasteiger partial charge in [-0.05, 0) is 36.1 Å². The Morgan fingerprint density at radius 3 is 2.76 bits per heavy atom. The standard InChI is InChI=1S/C11H19N5O/c17-8-11(5-1-2-6-11)12-7-10-13-14-15-16(10)9-3-4-9/h9,12,17H,1-8H2. The maximum atomic E-state index is 9.52. The number of aliphatic hydroxyl groups excluding tert-OH is 1. The van der Waals surface area contributed by atoms with Gasteiger partial charge in [0, 0.05) is 5.54 Å². The van der Waals surface area contributed by atoms with Gasteiger partial charge in [0.2, 0.25) is 0 Å². The van der Waals surface area contributed by atoms with Gasteiger partial charge in [0.1, 0.15) is 0 Å². The molecule has 2 fully saturated rings. The van der Waals surface area contributed by atoms with Gasteiger partial charge in [0.15, 0.2) is 5.82 Å². The van der Waals surface area contributed by atoms with Crippen LogP contribution in [0.1, 0.15) is 50.4 Å². The largest absolute Gasteiger partial charge is 0.394 e. The van der Waals surface area contributed by atoms with Gasteiger partial charge in [0.25, 0.3) is 0 Å². The Morgan fingerprint density at radius 1 is 1.35 bits per heavy atom. The molecule has 0 amide bonds. The van der Waals surface area contributed by atoms with E-state index in [9.17, 15) is 5.11 Å². The van der Waals surface area contributed by atoms with E-state index < -0.39 is 0 Å². The summed E-state index contributed by atoms with van der Waals surface area (Å²) in [6, 6.07) is 0.510. The molecule has 2 aliphatic carbocycles. The van der Waals surface area contributed by atoms with Crippen LogP contribution in [0.5, 0.6) is 0 Å². The number of rotatable bonds is 5. The zero-order chi connectivity index (χ0) is 11.7. The number of nitrogens with zero attached hydrogens (tertiary/aromatic N) is 4. The number of hydrogen-bond donors (Lipinski definition) is 2. The quantitative estimate of drug-likeness (QED) is 0.775. The fourth-order valence-corrected chi connectivity index (χ4v) is 2.64. The first-order valence-corrected chi connectivity index (χ1v) is 6.46. The number of hydrogen-bond acceptors (Lipinski definition) is 5. The lowest BCUT2D eigenvalue weighted by molar-refractivity contribution is 0.161. The predicted molar refractivity (Wildman–Crippen MR) is 61.2 cm³/mol. The third kappa shape index (κ3) is 2.19. The second-order valence-corrected chi connectivity index (χ2v) is 5.27. The Kier molecular flexibility index (Phi) is 2.84. The molecule has 6 heteroatoms. The third-order valence-corrected chi connectivity index (χ3v) is 3.94. The van der Waals surface area contributed by atoms with Crippen LogP contribution in [0, 0.1) is 0 Å². The molecular formula is C11H19N5O. The Bertz CT molecular complexity index is 381. The molecule has 3 rings (SSSR count). The van der Waals surface area contributed by atoms with Gasteiger partial charge in [-0.25, -0.2) is 4.68 Å². The van der Waals surface area contributed by atoms with Crippen LogP contribution in [0.25, 0.3) is 0 Å². The van der Waals surface area contributed by atoms with Crippen molar-refractivity contribution in [2.75, 3.05) is 6.61 Å². The molecule has 6 nitrogen and oxygen atoms in total. The van der Waals surface area contributed by atoms with Crippen molar-refractivity contribution in [2.24, 2.45) is 0 Å². The Labute approximate surface area is 100 Å². The SMILES string of the molecule is OCC1(NCc2nnnn2C2CC2)CCCC1. The highest BCUT2D eigenvalue weighted by Gasteiger charge is 2.34. The van der Waals surface area contributed by atoms with Gasteiger partial charge in [-0.3, -0.25) is 0 Å². The fourth-order valence-electron chi connectivity index (χ4n) is 2.64. The van der Waals surface area contributed by atoms with Crippen molar-refractivity contribution in [3.63, 3.8) is 0 Å². The Morgan fingerprint density at radius 2 is 2.12 bits per heavy atom. The maximum absolute atomic E-state index is 9.52. The molecule has 2 aliphatic rings. The van der Waals surface area contributed by atoms with Gasteiger partial charge in [-0.2, -0.15) is 0 Å². The number of aromatic nitrogens is 4. The number of tetrazole rings is 1. The summed E-state index contributed by atoms with van der Waals surface area (Å²) in [7, 11) is 0. The highest BCUT2D eigenvalue weighted by atomic mass is 16.3. The Hall–Kier alpha value is -1.01. The van der Waals surface area contributed by atoms with E-state index in [-0.39, 0.29) is 12.1 Å². The molecule has 0 bridgehead atoms. The molecule has 0 aromatic carbocycles. The zero-order valence-corrected chi connectivity index (χ0v) is 9.97. The van der Waals surface area contributed by atoms with E-state index in [0.29, 0.717) is 12.6 Å². The summed E-state index contributed by atoms with van der Waals surface area (Å²) in [5, 5.41) is 24.8. The second-order valence-electron chi connectivity index (χ2n) is 5.27. The molecule has 0 saturated heterocycles. The van der Waals surface area contributed by atoms with Gasteiger partial charge in [0.05, 0.1) is 19.2 Å². The molecular weight excluding hydrogens is 218 g/mol. The normalized spacial score (nSPS) is 23.1. The average Bonchev–Trinajstić information content (AvgIpc) is 2.93. The van der Waals surface area contributed by atoms with Crippen LogP contribution in [0.15, 0.2) is 0 Å². The molecule has 0 unspecified atom stereocenters. The van der Waals surface area contributed by atoms with Gasteiger partial charge in [-0.1, -0.05) is 12.8 Å². The minimum Gasteiger partial charge on any atom is -0.394 e. The fraction of sp³-hybridized carbons (Fsp3) is 0.909. The van der Waals surface area contributed by atoms with Crippen LogP contribution in [-0.2, 0) is 6.54 Å². The zero-order valence-electron chi connectivity index (χ0n) is 9.97. The van der Waals surface area contributed by atoms with Crippen LogP contribution >= 0.6 is 0 Å². The first-order chi connectivity index (χ1) is 8.33. The van der Waals surface area contributed by atoms with Crippen molar-refractivity contribution in [2.45, 2.75) is 56.7 Å². The van der Waals surface area contributed by atoms with Crippen molar-refractivity contribution in [1.82, 2.24) is 25.5 Å². The van der Waals surface area contributed by atoms with E-state index >= 15 is 0 Å². The first kappa shape index (κ1) is 11.1. The summed E-state index contributed by atoms with van der Waals surface area (Å²) in [5.41, 5.74) is -0.0969. The highest BCUT2D eigenvalue weighted by Crippen LogP contribution is 2.34. The molecule has 0 radical (unpaired) electrons. The number of nitrogens with one attached hydrogen (secondary N) is 1. The van der Waals surface area contributed by atoms with Crippen molar-refractivity contribution < 1.29 is 5.11 Å². The summed E-state index contributed by atoms with van der Waals surface area (Å²) < 4.78 is 1.92. The minimum atomic E-state index is -0.0969. The van der Waals surface area contributed by atoms with Crippen molar-refractivity contribution in [1.29, 1.82) is 0 Å². The minimum absolute atomic E-state index is 0.0969. The number of aliphatic hydroxyl groups is 1. The molecule has 0 aliphatic heterocycles. The summed E-state index contributed by atoms with van der Waals surface area (Å²) in [6.07, 6.45) is 6.86. The summed E-state index contributed by atoms with van der Waals surface area (Å²) in [5.74, 6) is 0.896. The molecule has 94 valence electrons. The topological polar surface area (TPSA) is 75.9 Å². The van der Waals surface area contributed by atoms with Crippen LogP contribution in [0.2, 0.25) is 0 Å². The first-order valence-electron chi connectivity index (χ1n) is 6.46. The summed E-state index contributed by atoms with van der Waals surface area (Å²) in [4.78, 5) is 0. The van der Waals surface area contributed by atoms with E-state index in [1.54, 1.807) is 0 Å². The molecule has 17 heavy (non-hydrogen) atoms. The van der Waals surface area contributed by atoms with E-state index in [4.69, 9.17) is 0 Å². The maximum Gasteiger partial charge on any atom is 0.165 e. The summed E-state index contributed by atoms with van der Waals surface area (Å²) >= 11 is 0. The molecule has 2 N–H and O–H groups in total. The molecule has 0 atom stereocenters. The third-order valence-electron chi connectivity index (χ3n) is 3.94. The van der Waals surface area contributed by atoms with Crippen LogP contribution in [-0.4, -0.2) is 37.5 Å². The van der Waals surface area contributed by atoms with Gasteiger partial charge >= 0.3 is 0 Å². The summed E-state index contributed by atoms with van der Waals surface area (Å²) in [6.45, 7) is 0.863. The van der Waals surface area contributed by atoms with Crippen LogP contribution in [0.4, 0.5) is 0 Å². The van der Waals surface area contributed by atoms with Gasteiger partial charge < -0.3 is 10.4 Å². The Balaban J connectivity index is 1.64.